The molecule has 0 unspecified atom stereocenters. The van der Waals surface area contributed by atoms with Gasteiger partial charge in [-0.3, -0.25) is 0 Å². The molecule has 0 radical (unpaired) electrons. The third-order valence-corrected chi connectivity index (χ3v) is 4.08. The molecule has 1 aromatic heterocycles. The van der Waals surface area contributed by atoms with E-state index in [-0.39, 0.29) is 0 Å². The largest absolute Gasteiger partial charge is 0.339 e. The van der Waals surface area contributed by atoms with Crippen LogP contribution in [-0.4, -0.2) is 34.8 Å². The molecule has 0 saturated carbocycles. The fourth-order valence-electron chi connectivity index (χ4n) is 2.91. The SMILES string of the molecule is CCN(c1ccccc1)c1cnnc(N2CCCCCC2)n1. The van der Waals surface area contributed by atoms with Gasteiger partial charge in [-0.05, 0) is 31.9 Å². The van der Waals surface area contributed by atoms with Crippen molar-refractivity contribution >= 4 is 17.5 Å². The summed E-state index contributed by atoms with van der Waals surface area (Å²) in [5, 5.41) is 8.44. The van der Waals surface area contributed by atoms with Gasteiger partial charge in [-0.15, -0.1) is 5.10 Å². The van der Waals surface area contributed by atoms with Crippen molar-refractivity contribution in [2.24, 2.45) is 0 Å². The molecule has 1 fully saturated rings. The zero-order valence-corrected chi connectivity index (χ0v) is 13.1. The number of nitrogens with zero attached hydrogens (tertiary/aromatic N) is 5. The Kier molecular flexibility index (Phi) is 4.83. The Hall–Kier alpha value is -2.17. The van der Waals surface area contributed by atoms with Crippen molar-refractivity contribution < 1.29 is 0 Å². The molecule has 0 N–H and O–H groups in total. The second-order valence-electron chi connectivity index (χ2n) is 5.60. The van der Waals surface area contributed by atoms with Crippen LogP contribution in [0.2, 0.25) is 0 Å². The molecule has 0 amide bonds. The Balaban J connectivity index is 1.86. The maximum atomic E-state index is 4.76. The summed E-state index contributed by atoms with van der Waals surface area (Å²) in [6.07, 6.45) is 6.77. The first-order valence-corrected chi connectivity index (χ1v) is 8.15. The lowest BCUT2D eigenvalue weighted by molar-refractivity contribution is 0.726. The predicted molar refractivity (Wildman–Crippen MR) is 89.6 cm³/mol. The standard InChI is InChI=1S/C17H23N5/c1-2-22(15-10-6-5-7-11-15)16-14-18-20-17(19-16)21-12-8-3-4-9-13-21/h5-7,10-11,14H,2-4,8-9,12-13H2,1H3. The molecule has 22 heavy (non-hydrogen) atoms. The molecule has 3 rings (SSSR count). The van der Waals surface area contributed by atoms with Crippen molar-refractivity contribution in [1.29, 1.82) is 0 Å². The highest BCUT2D eigenvalue weighted by Gasteiger charge is 2.16. The van der Waals surface area contributed by atoms with Gasteiger partial charge in [-0.1, -0.05) is 31.0 Å². The molecule has 5 nitrogen and oxygen atoms in total. The maximum absolute atomic E-state index is 4.76. The van der Waals surface area contributed by atoms with Gasteiger partial charge >= 0.3 is 0 Å². The van der Waals surface area contributed by atoms with E-state index in [2.05, 4.69) is 39.1 Å². The summed E-state index contributed by atoms with van der Waals surface area (Å²) >= 11 is 0. The molecule has 1 aliphatic rings. The highest BCUT2D eigenvalue weighted by Crippen LogP contribution is 2.24. The van der Waals surface area contributed by atoms with Crippen LogP contribution in [0.3, 0.4) is 0 Å². The number of benzene rings is 1. The van der Waals surface area contributed by atoms with Crippen molar-refractivity contribution in [2.75, 3.05) is 29.4 Å². The molecular weight excluding hydrogens is 274 g/mol. The van der Waals surface area contributed by atoms with E-state index >= 15 is 0 Å². The lowest BCUT2D eigenvalue weighted by Crippen LogP contribution is -2.27. The first-order valence-electron chi connectivity index (χ1n) is 8.15. The summed E-state index contributed by atoms with van der Waals surface area (Å²) in [4.78, 5) is 9.19. The molecule has 5 heteroatoms. The smallest absolute Gasteiger partial charge is 0.247 e. The number of hydrogen-bond acceptors (Lipinski definition) is 5. The van der Waals surface area contributed by atoms with Gasteiger partial charge in [0.25, 0.3) is 0 Å². The van der Waals surface area contributed by atoms with E-state index in [9.17, 15) is 0 Å². The van der Waals surface area contributed by atoms with Gasteiger partial charge < -0.3 is 9.80 Å². The number of rotatable bonds is 4. The van der Waals surface area contributed by atoms with Gasteiger partial charge in [-0.2, -0.15) is 10.1 Å². The van der Waals surface area contributed by atoms with Crippen molar-refractivity contribution in [1.82, 2.24) is 15.2 Å². The van der Waals surface area contributed by atoms with E-state index in [0.29, 0.717) is 0 Å². The van der Waals surface area contributed by atoms with Gasteiger partial charge in [0.2, 0.25) is 5.95 Å². The third-order valence-electron chi connectivity index (χ3n) is 4.08. The van der Waals surface area contributed by atoms with Gasteiger partial charge in [-0.25, -0.2) is 0 Å². The average Bonchev–Trinajstić information content (AvgIpc) is 2.86. The van der Waals surface area contributed by atoms with E-state index in [1.165, 1.54) is 25.7 Å². The minimum Gasteiger partial charge on any atom is -0.339 e. The van der Waals surface area contributed by atoms with Crippen LogP contribution >= 0.6 is 0 Å². The molecule has 0 bridgehead atoms. The summed E-state index contributed by atoms with van der Waals surface area (Å²) in [5.41, 5.74) is 1.13. The Morgan fingerprint density at radius 2 is 1.77 bits per heavy atom. The second-order valence-corrected chi connectivity index (χ2v) is 5.60. The van der Waals surface area contributed by atoms with Gasteiger partial charge in [0, 0.05) is 25.3 Å². The van der Waals surface area contributed by atoms with Crippen LogP contribution in [0.15, 0.2) is 36.5 Å². The van der Waals surface area contributed by atoms with Crippen LogP contribution < -0.4 is 9.80 Å². The van der Waals surface area contributed by atoms with Crippen LogP contribution in [0, 0.1) is 0 Å². The van der Waals surface area contributed by atoms with Crippen LogP contribution in [0.4, 0.5) is 17.5 Å². The van der Waals surface area contributed by atoms with Crippen LogP contribution in [0.25, 0.3) is 0 Å². The highest BCUT2D eigenvalue weighted by atomic mass is 15.3. The number of aromatic nitrogens is 3. The number of para-hydroxylation sites is 1. The molecule has 116 valence electrons. The highest BCUT2D eigenvalue weighted by molar-refractivity contribution is 5.59. The minimum absolute atomic E-state index is 0.758. The number of anilines is 3. The molecule has 2 aromatic rings. The van der Waals surface area contributed by atoms with Crippen LogP contribution in [0.5, 0.6) is 0 Å². The van der Waals surface area contributed by atoms with Gasteiger partial charge in [0.15, 0.2) is 5.82 Å². The average molecular weight is 297 g/mol. The Morgan fingerprint density at radius 1 is 1.05 bits per heavy atom. The maximum Gasteiger partial charge on any atom is 0.247 e. The van der Waals surface area contributed by atoms with E-state index < -0.39 is 0 Å². The van der Waals surface area contributed by atoms with Crippen molar-refractivity contribution in [3.8, 4) is 0 Å². The quantitative estimate of drug-likeness (QED) is 0.865. The topological polar surface area (TPSA) is 45.2 Å². The third kappa shape index (κ3) is 3.35. The van der Waals surface area contributed by atoms with Crippen molar-refractivity contribution in [2.45, 2.75) is 32.6 Å². The van der Waals surface area contributed by atoms with Crippen molar-refractivity contribution in [3.63, 3.8) is 0 Å². The molecule has 1 aliphatic heterocycles. The molecule has 0 atom stereocenters. The first kappa shape index (κ1) is 14.8. The van der Waals surface area contributed by atoms with E-state index in [0.717, 1.165) is 37.1 Å². The fourth-order valence-corrected chi connectivity index (χ4v) is 2.91. The van der Waals surface area contributed by atoms with Gasteiger partial charge in [0.05, 0.1) is 6.20 Å². The molecule has 0 aliphatic carbocycles. The second kappa shape index (κ2) is 7.20. The monoisotopic (exact) mass is 297 g/mol. The zero-order chi connectivity index (χ0) is 15.2. The zero-order valence-electron chi connectivity index (χ0n) is 13.1. The van der Waals surface area contributed by atoms with E-state index in [4.69, 9.17) is 4.98 Å². The van der Waals surface area contributed by atoms with Crippen LogP contribution in [0.1, 0.15) is 32.6 Å². The first-order chi connectivity index (χ1) is 10.9. The lowest BCUT2D eigenvalue weighted by Gasteiger charge is -2.24. The predicted octanol–water partition coefficient (Wildman–Crippen LogP) is 3.41. The summed E-state index contributed by atoms with van der Waals surface area (Å²) in [6.45, 7) is 5.04. The van der Waals surface area contributed by atoms with Crippen LogP contribution in [-0.2, 0) is 0 Å². The molecule has 1 saturated heterocycles. The van der Waals surface area contributed by atoms with E-state index in [1.54, 1.807) is 6.20 Å². The summed E-state index contributed by atoms with van der Waals surface area (Å²) in [5.74, 6) is 1.62. The molecule has 0 spiro atoms. The Bertz CT molecular complexity index is 579. The summed E-state index contributed by atoms with van der Waals surface area (Å²) in [6, 6.07) is 10.3. The normalized spacial score (nSPS) is 15.4. The minimum atomic E-state index is 0.758. The van der Waals surface area contributed by atoms with E-state index in [1.807, 2.05) is 18.2 Å². The van der Waals surface area contributed by atoms with Crippen molar-refractivity contribution in [3.05, 3.63) is 36.5 Å². The molecular formula is C17H23N5. The molecule has 2 heterocycles. The number of hydrogen-bond donors (Lipinski definition) is 0. The van der Waals surface area contributed by atoms with Gasteiger partial charge in [0.1, 0.15) is 0 Å². The fraction of sp³-hybridized carbons (Fsp3) is 0.471. The Labute approximate surface area is 132 Å². The Morgan fingerprint density at radius 3 is 2.45 bits per heavy atom. The summed E-state index contributed by atoms with van der Waals surface area (Å²) in [7, 11) is 0. The molecule has 1 aromatic carbocycles. The lowest BCUT2D eigenvalue weighted by atomic mass is 10.2. The summed E-state index contributed by atoms with van der Waals surface area (Å²) < 4.78 is 0.